The third kappa shape index (κ3) is 5.82. The quantitative estimate of drug-likeness (QED) is 0.231. The number of amides is 1. The van der Waals surface area contributed by atoms with E-state index in [2.05, 4.69) is 41.9 Å². The third-order valence-electron chi connectivity index (χ3n) is 4.56. The van der Waals surface area contributed by atoms with Crippen molar-refractivity contribution < 1.29 is 14.5 Å². The molecule has 33 heavy (non-hydrogen) atoms. The van der Waals surface area contributed by atoms with Crippen molar-refractivity contribution in [1.82, 2.24) is 9.66 Å². The lowest BCUT2D eigenvalue weighted by Gasteiger charge is -2.11. The maximum absolute atomic E-state index is 13.2. The van der Waals surface area contributed by atoms with Crippen LogP contribution in [0.1, 0.15) is 31.2 Å². The van der Waals surface area contributed by atoms with E-state index >= 15 is 0 Å². The van der Waals surface area contributed by atoms with Crippen molar-refractivity contribution in [2.24, 2.45) is 10.8 Å². The number of nitrogens with two attached hydrogens (primary N) is 1. The Morgan fingerprint density at radius 1 is 1.30 bits per heavy atom. The molecule has 0 spiro atoms. The van der Waals surface area contributed by atoms with Crippen LogP contribution in [0.3, 0.4) is 0 Å². The van der Waals surface area contributed by atoms with Gasteiger partial charge in [0.2, 0.25) is 5.75 Å². The van der Waals surface area contributed by atoms with Crippen molar-refractivity contribution >= 4 is 60.6 Å². The summed E-state index contributed by atoms with van der Waals surface area (Å²) in [6.45, 7) is 1.46. The Balaban J connectivity index is 2.18. The largest absolute Gasteiger partial charge is 0.476 e. The second-order valence-corrected chi connectivity index (χ2v) is 8.84. The number of rotatable bonds is 9. The van der Waals surface area contributed by atoms with Crippen LogP contribution >= 0.6 is 31.9 Å². The van der Waals surface area contributed by atoms with Crippen molar-refractivity contribution in [3.05, 3.63) is 71.1 Å². The lowest BCUT2D eigenvalue weighted by atomic mass is 10.2. The Morgan fingerprint density at radius 3 is 2.73 bits per heavy atom. The zero-order valence-corrected chi connectivity index (χ0v) is 20.6. The number of nitrogens with zero attached hydrogens (tertiary/aromatic N) is 4. The van der Waals surface area contributed by atoms with E-state index < -0.39 is 17.4 Å². The van der Waals surface area contributed by atoms with E-state index in [-0.39, 0.29) is 22.6 Å². The van der Waals surface area contributed by atoms with E-state index in [4.69, 9.17) is 10.5 Å². The molecule has 0 aliphatic rings. The average Bonchev–Trinajstić information content (AvgIpc) is 2.76. The summed E-state index contributed by atoms with van der Waals surface area (Å²) < 4.78 is 7.59. The minimum absolute atomic E-state index is 0.181. The predicted molar refractivity (Wildman–Crippen MR) is 131 cm³/mol. The lowest BCUT2D eigenvalue weighted by Crippen LogP contribution is -2.23. The first-order valence-corrected chi connectivity index (χ1v) is 11.4. The maximum atomic E-state index is 13.2. The lowest BCUT2D eigenvalue weighted by molar-refractivity contribution is -0.385. The van der Waals surface area contributed by atoms with Gasteiger partial charge >= 0.3 is 5.69 Å². The Hall–Kier alpha value is -3.12. The van der Waals surface area contributed by atoms with Crippen LogP contribution in [-0.4, -0.2) is 33.3 Å². The van der Waals surface area contributed by atoms with E-state index in [1.807, 2.05) is 6.92 Å². The van der Waals surface area contributed by atoms with Crippen molar-refractivity contribution in [1.29, 1.82) is 0 Å². The molecular formula is C21H19Br2N5O5. The molecule has 0 bridgehead atoms. The number of nitro groups is 1. The van der Waals surface area contributed by atoms with Crippen LogP contribution < -0.4 is 16.0 Å². The van der Waals surface area contributed by atoms with Gasteiger partial charge in [-0.05, 0) is 30.7 Å². The highest BCUT2D eigenvalue weighted by Crippen LogP contribution is 2.34. The molecule has 172 valence electrons. The molecule has 0 saturated carbocycles. The highest BCUT2D eigenvalue weighted by atomic mass is 79.9. The fraction of sp³-hybridized carbons (Fsp3) is 0.238. The molecule has 3 rings (SSSR count). The first-order chi connectivity index (χ1) is 15.7. The van der Waals surface area contributed by atoms with Gasteiger partial charge in [-0.1, -0.05) is 45.2 Å². The van der Waals surface area contributed by atoms with Gasteiger partial charge in [0, 0.05) is 27.0 Å². The van der Waals surface area contributed by atoms with Crippen LogP contribution in [0.2, 0.25) is 0 Å². The molecule has 1 amide bonds. The highest BCUT2D eigenvalue weighted by molar-refractivity contribution is 9.10. The van der Waals surface area contributed by atoms with Crippen LogP contribution in [0.15, 0.2) is 49.2 Å². The molecule has 2 aromatic carbocycles. The molecular weight excluding hydrogens is 562 g/mol. The van der Waals surface area contributed by atoms with E-state index in [0.29, 0.717) is 27.6 Å². The zero-order chi connectivity index (χ0) is 24.1. The standard InChI is InChI=1S/C21H19Br2N5O5/c1-2-3-4-19-26-16-6-5-13(22)8-15(16)21(30)27(19)25-10-12-7-14(23)9-17(28(31)32)20(12)33-11-18(24)29/h5-10H,2-4,11H2,1H3,(H2,24,29). The number of benzene rings is 2. The number of aryl methyl sites for hydroxylation is 1. The molecule has 0 aliphatic heterocycles. The molecule has 1 aromatic heterocycles. The summed E-state index contributed by atoms with van der Waals surface area (Å²) >= 11 is 6.58. The molecule has 0 fully saturated rings. The topological polar surface area (TPSA) is 143 Å². The summed E-state index contributed by atoms with van der Waals surface area (Å²) in [6, 6.07) is 7.97. The van der Waals surface area contributed by atoms with Crippen LogP contribution in [0.25, 0.3) is 10.9 Å². The van der Waals surface area contributed by atoms with Crippen LogP contribution in [-0.2, 0) is 11.2 Å². The van der Waals surface area contributed by atoms with Gasteiger partial charge in [0.05, 0.1) is 22.0 Å². The number of fused-ring (bicyclic) bond motifs is 1. The molecule has 0 atom stereocenters. The Kier molecular flexibility index (Phi) is 7.92. The van der Waals surface area contributed by atoms with Crippen molar-refractivity contribution in [3.8, 4) is 5.75 Å². The molecule has 0 unspecified atom stereocenters. The molecule has 0 saturated heterocycles. The highest BCUT2D eigenvalue weighted by Gasteiger charge is 2.21. The van der Waals surface area contributed by atoms with Crippen LogP contribution in [0.5, 0.6) is 5.75 Å². The van der Waals surface area contributed by atoms with Gasteiger partial charge in [-0.2, -0.15) is 9.78 Å². The molecule has 12 heteroatoms. The van der Waals surface area contributed by atoms with Gasteiger partial charge in [0.25, 0.3) is 11.5 Å². The number of hydrogen-bond acceptors (Lipinski definition) is 7. The summed E-state index contributed by atoms with van der Waals surface area (Å²) in [5.74, 6) is -0.528. The zero-order valence-electron chi connectivity index (χ0n) is 17.5. The number of primary amides is 1. The van der Waals surface area contributed by atoms with E-state index in [9.17, 15) is 19.7 Å². The van der Waals surface area contributed by atoms with Gasteiger partial charge in [-0.15, -0.1) is 0 Å². The van der Waals surface area contributed by atoms with E-state index in [1.165, 1.54) is 23.0 Å². The number of aromatic nitrogens is 2. The normalized spacial score (nSPS) is 11.2. The summed E-state index contributed by atoms with van der Waals surface area (Å²) in [5, 5.41) is 16.2. The summed E-state index contributed by atoms with van der Waals surface area (Å²) in [7, 11) is 0. The number of carbonyl (C=O) groups is 1. The van der Waals surface area contributed by atoms with E-state index in [0.717, 1.165) is 17.3 Å². The van der Waals surface area contributed by atoms with Crippen LogP contribution in [0, 0.1) is 10.1 Å². The molecule has 3 aromatic rings. The fourth-order valence-corrected chi connectivity index (χ4v) is 3.89. The Bertz CT molecular complexity index is 1320. The maximum Gasteiger partial charge on any atom is 0.312 e. The first kappa shape index (κ1) is 24.5. The second kappa shape index (κ2) is 10.7. The van der Waals surface area contributed by atoms with Crippen molar-refractivity contribution in [3.63, 3.8) is 0 Å². The smallest absolute Gasteiger partial charge is 0.312 e. The molecule has 1 heterocycles. The molecule has 0 aliphatic carbocycles. The van der Waals surface area contributed by atoms with Gasteiger partial charge in [-0.25, -0.2) is 4.98 Å². The monoisotopic (exact) mass is 579 g/mol. The first-order valence-electron chi connectivity index (χ1n) is 9.85. The number of unbranched alkanes of at least 4 members (excludes halogenated alkanes) is 1. The fourth-order valence-electron chi connectivity index (χ4n) is 3.06. The van der Waals surface area contributed by atoms with Gasteiger partial charge < -0.3 is 10.5 Å². The van der Waals surface area contributed by atoms with Gasteiger partial charge in [0.15, 0.2) is 6.61 Å². The number of ether oxygens (including phenoxy) is 1. The van der Waals surface area contributed by atoms with Crippen molar-refractivity contribution in [2.45, 2.75) is 26.2 Å². The van der Waals surface area contributed by atoms with Gasteiger partial charge in [-0.3, -0.25) is 19.7 Å². The minimum atomic E-state index is -0.794. The number of halogens is 2. The average molecular weight is 581 g/mol. The minimum Gasteiger partial charge on any atom is -0.476 e. The molecule has 2 N–H and O–H groups in total. The summed E-state index contributed by atoms with van der Waals surface area (Å²) in [4.78, 5) is 39.9. The van der Waals surface area contributed by atoms with Crippen LogP contribution in [0.4, 0.5) is 5.69 Å². The predicted octanol–water partition coefficient (Wildman–Crippen LogP) is 3.92. The Morgan fingerprint density at radius 2 is 2.06 bits per heavy atom. The second-order valence-electron chi connectivity index (χ2n) is 7.01. The number of nitro benzene ring substituents is 1. The summed E-state index contributed by atoms with van der Waals surface area (Å²) in [6.07, 6.45) is 3.45. The SMILES string of the molecule is CCCCc1nc2ccc(Br)cc2c(=O)n1N=Cc1cc(Br)cc([N+](=O)[O-])c1OCC(N)=O. The summed E-state index contributed by atoms with van der Waals surface area (Å²) in [5.41, 5.74) is 5.09. The Labute approximate surface area is 204 Å². The number of carbonyl (C=O) groups excluding carboxylic acids is 1. The molecule has 0 radical (unpaired) electrons. The van der Waals surface area contributed by atoms with Gasteiger partial charge in [0.1, 0.15) is 5.82 Å². The van der Waals surface area contributed by atoms with E-state index in [1.54, 1.807) is 18.2 Å². The molecule has 10 nitrogen and oxygen atoms in total. The van der Waals surface area contributed by atoms with Crippen molar-refractivity contribution in [2.75, 3.05) is 6.61 Å². The third-order valence-corrected chi connectivity index (χ3v) is 5.51. The number of hydrogen-bond donors (Lipinski definition) is 1.